The first kappa shape index (κ1) is 14.5. The van der Waals surface area contributed by atoms with E-state index in [1.807, 2.05) is 24.3 Å². The summed E-state index contributed by atoms with van der Waals surface area (Å²) in [6.07, 6.45) is 0. The molecule has 0 aliphatic carbocycles. The molecule has 2 aromatic carbocycles. The molecule has 3 rings (SSSR count). The van der Waals surface area contributed by atoms with Gasteiger partial charge in [0, 0.05) is 12.1 Å². The average Bonchev–Trinajstić information content (AvgIpc) is 2.96. The van der Waals surface area contributed by atoms with Gasteiger partial charge in [-0.05, 0) is 12.1 Å². The van der Waals surface area contributed by atoms with E-state index in [-0.39, 0.29) is 0 Å². The fraction of sp³-hybridized carbons (Fsp3) is 0.188. The zero-order valence-electron chi connectivity index (χ0n) is 12.2. The minimum atomic E-state index is 0.421. The highest BCUT2D eigenvalue weighted by atomic mass is 35.5. The smallest absolute Gasteiger partial charge is 0.214 e. The fourth-order valence-electron chi connectivity index (χ4n) is 2.16. The molecule has 0 saturated heterocycles. The van der Waals surface area contributed by atoms with Crippen molar-refractivity contribution >= 4 is 28.4 Å². The number of anilines is 1. The van der Waals surface area contributed by atoms with E-state index in [1.165, 1.54) is 0 Å². The number of rotatable bonds is 5. The number of hydrogen-bond donors (Lipinski definition) is 1. The molecular formula is C16H15ClN2O3. The van der Waals surface area contributed by atoms with Gasteiger partial charge in [0.05, 0.1) is 31.5 Å². The fourth-order valence-corrected chi connectivity index (χ4v) is 2.38. The lowest BCUT2D eigenvalue weighted by Crippen LogP contribution is -2.01. The van der Waals surface area contributed by atoms with Crippen molar-refractivity contribution in [3.8, 4) is 11.5 Å². The van der Waals surface area contributed by atoms with E-state index in [2.05, 4.69) is 10.3 Å². The summed E-state index contributed by atoms with van der Waals surface area (Å²) in [5.41, 5.74) is 2.32. The summed E-state index contributed by atoms with van der Waals surface area (Å²) < 4.78 is 16.1. The summed E-state index contributed by atoms with van der Waals surface area (Å²) in [5.74, 6) is 1.78. The number of hydrogen-bond acceptors (Lipinski definition) is 5. The summed E-state index contributed by atoms with van der Waals surface area (Å²) in [7, 11) is 3.15. The Morgan fingerprint density at radius 3 is 2.59 bits per heavy atom. The molecule has 0 unspecified atom stereocenters. The first-order valence-electron chi connectivity index (χ1n) is 6.71. The molecule has 0 bridgehead atoms. The van der Waals surface area contributed by atoms with Crippen molar-refractivity contribution in [2.45, 2.75) is 6.54 Å². The molecule has 0 saturated carbocycles. The van der Waals surface area contributed by atoms with E-state index in [9.17, 15) is 0 Å². The molecule has 1 heterocycles. The summed E-state index contributed by atoms with van der Waals surface area (Å²) in [6.45, 7) is 0.421. The van der Waals surface area contributed by atoms with Crippen LogP contribution >= 0.6 is 11.6 Å². The van der Waals surface area contributed by atoms with Crippen molar-refractivity contribution in [3.05, 3.63) is 47.3 Å². The van der Waals surface area contributed by atoms with Crippen LogP contribution in [0.2, 0.25) is 5.02 Å². The highest BCUT2D eigenvalue weighted by Gasteiger charge is 2.11. The lowest BCUT2D eigenvalue weighted by Gasteiger charge is -2.12. The predicted molar refractivity (Wildman–Crippen MR) is 85.9 cm³/mol. The maximum atomic E-state index is 6.23. The normalized spacial score (nSPS) is 10.7. The third-order valence-electron chi connectivity index (χ3n) is 3.24. The predicted octanol–water partition coefficient (Wildman–Crippen LogP) is 4.11. The lowest BCUT2D eigenvalue weighted by atomic mass is 10.2. The van der Waals surface area contributed by atoms with E-state index < -0.39 is 0 Å². The molecular weight excluding hydrogens is 304 g/mol. The lowest BCUT2D eigenvalue weighted by molar-refractivity contribution is 0.355. The molecule has 1 N–H and O–H groups in total. The zero-order chi connectivity index (χ0) is 15.5. The molecule has 6 heteroatoms. The number of fused-ring (bicyclic) bond motifs is 1. The second kappa shape index (κ2) is 6.15. The Morgan fingerprint density at radius 2 is 1.86 bits per heavy atom. The minimum Gasteiger partial charge on any atom is -0.493 e. The average molecular weight is 319 g/mol. The van der Waals surface area contributed by atoms with Crippen molar-refractivity contribution in [1.29, 1.82) is 0 Å². The van der Waals surface area contributed by atoms with Crippen LogP contribution in [0.3, 0.4) is 0 Å². The van der Waals surface area contributed by atoms with Gasteiger partial charge in [-0.15, -0.1) is 0 Å². The van der Waals surface area contributed by atoms with E-state index >= 15 is 0 Å². The van der Waals surface area contributed by atoms with E-state index in [1.54, 1.807) is 26.4 Å². The van der Waals surface area contributed by atoms with Crippen LogP contribution in [0.25, 0.3) is 11.1 Å². The number of nitrogens with one attached hydrogen (secondary N) is 1. The number of aromatic nitrogens is 1. The third kappa shape index (κ3) is 2.80. The molecule has 0 amide bonds. The molecule has 0 radical (unpaired) electrons. The molecule has 0 atom stereocenters. The van der Waals surface area contributed by atoms with Gasteiger partial charge in [0.25, 0.3) is 0 Å². The van der Waals surface area contributed by atoms with E-state index in [0.717, 1.165) is 16.8 Å². The van der Waals surface area contributed by atoms with Gasteiger partial charge in [-0.1, -0.05) is 23.7 Å². The number of para-hydroxylation sites is 2. The number of benzene rings is 2. The van der Waals surface area contributed by atoms with Crippen LogP contribution in [-0.4, -0.2) is 19.2 Å². The quantitative estimate of drug-likeness (QED) is 0.767. The van der Waals surface area contributed by atoms with Crippen molar-refractivity contribution in [3.63, 3.8) is 0 Å². The van der Waals surface area contributed by atoms with Crippen LogP contribution in [0.4, 0.5) is 5.69 Å². The molecule has 22 heavy (non-hydrogen) atoms. The summed E-state index contributed by atoms with van der Waals surface area (Å²) in [5, 5.41) is 3.73. The largest absolute Gasteiger partial charge is 0.493 e. The van der Waals surface area contributed by atoms with Gasteiger partial charge in [0.15, 0.2) is 17.1 Å². The van der Waals surface area contributed by atoms with Crippen LogP contribution in [0, 0.1) is 0 Å². The topological polar surface area (TPSA) is 56.5 Å². The second-order valence-electron chi connectivity index (χ2n) is 4.62. The van der Waals surface area contributed by atoms with Gasteiger partial charge in [0.2, 0.25) is 5.89 Å². The maximum Gasteiger partial charge on any atom is 0.214 e. The van der Waals surface area contributed by atoms with E-state index in [0.29, 0.717) is 29.0 Å². The zero-order valence-corrected chi connectivity index (χ0v) is 13.0. The monoisotopic (exact) mass is 318 g/mol. The van der Waals surface area contributed by atoms with Gasteiger partial charge in [-0.3, -0.25) is 0 Å². The van der Waals surface area contributed by atoms with Gasteiger partial charge in [-0.2, -0.15) is 0 Å². The molecule has 3 aromatic rings. The molecule has 0 aliphatic heterocycles. The number of oxazole rings is 1. The molecule has 114 valence electrons. The SMILES string of the molecule is COc1cc(Cl)c(NCc2nc3ccccc3o2)cc1OC. The Kier molecular flexibility index (Phi) is 4.06. The van der Waals surface area contributed by atoms with Gasteiger partial charge < -0.3 is 19.2 Å². The van der Waals surface area contributed by atoms with Crippen LogP contribution < -0.4 is 14.8 Å². The number of ether oxygens (including phenoxy) is 2. The van der Waals surface area contributed by atoms with Crippen molar-refractivity contribution in [1.82, 2.24) is 4.98 Å². The highest BCUT2D eigenvalue weighted by molar-refractivity contribution is 6.33. The first-order chi connectivity index (χ1) is 10.7. The maximum absolute atomic E-state index is 6.23. The third-order valence-corrected chi connectivity index (χ3v) is 3.55. The molecule has 0 aliphatic rings. The van der Waals surface area contributed by atoms with Crippen molar-refractivity contribution in [2.24, 2.45) is 0 Å². The molecule has 1 aromatic heterocycles. The van der Waals surface area contributed by atoms with Crippen LogP contribution in [0.1, 0.15) is 5.89 Å². The van der Waals surface area contributed by atoms with Crippen LogP contribution in [0.5, 0.6) is 11.5 Å². The molecule has 0 fully saturated rings. The Balaban J connectivity index is 1.81. The van der Waals surface area contributed by atoms with E-state index in [4.69, 9.17) is 25.5 Å². The second-order valence-corrected chi connectivity index (χ2v) is 5.02. The Labute approximate surface area is 132 Å². The molecule has 5 nitrogen and oxygen atoms in total. The van der Waals surface area contributed by atoms with Gasteiger partial charge in [-0.25, -0.2) is 4.98 Å². The minimum absolute atomic E-state index is 0.421. The standard InChI is InChI=1S/C16H15ClN2O3/c1-20-14-7-10(17)12(8-15(14)21-2)18-9-16-19-11-5-3-4-6-13(11)22-16/h3-8,18H,9H2,1-2H3. The van der Waals surface area contributed by atoms with Crippen LogP contribution in [-0.2, 0) is 6.54 Å². The molecule has 0 spiro atoms. The van der Waals surface area contributed by atoms with Gasteiger partial charge >= 0.3 is 0 Å². The first-order valence-corrected chi connectivity index (χ1v) is 7.09. The summed E-state index contributed by atoms with van der Waals surface area (Å²) in [6, 6.07) is 11.1. The van der Waals surface area contributed by atoms with Crippen molar-refractivity contribution < 1.29 is 13.9 Å². The summed E-state index contributed by atoms with van der Waals surface area (Å²) >= 11 is 6.23. The Morgan fingerprint density at radius 1 is 1.14 bits per heavy atom. The van der Waals surface area contributed by atoms with Crippen LogP contribution in [0.15, 0.2) is 40.8 Å². The Bertz CT molecular complexity index is 768. The number of methoxy groups -OCH3 is 2. The summed E-state index contributed by atoms with van der Waals surface area (Å²) in [4.78, 5) is 4.41. The highest BCUT2D eigenvalue weighted by Crippen LogP contribution is 2.36. The van der Waals surface area contributed by atoms with Crippen molar-refractivity contribution in [2.75, 3.05) is 19.5 Å². The Hall–Kier alpha value is -2.40. The number of halogens is 1. The van der Waals surface area contributed by atoms with Gasteiger partial charge in [0.1, 0.15) is 5.52 Å². The number of nitrogens with zero attached hydrogens (tertiary/aromatic N) is 1.